The highest BCUT2D eigenvalue weighted by Gasteiger charge is 2.29. The third kappa shape index (κ3) is 4.78. The van der Waals surface area contributed by atoms with Gasteiger partial charge in [-0.1, -0.05) is 32.0 Å². The highest BCUT2D eigenvalue weighted by Crippen LogP contribution is 2.37. The van der Waals surface area contributed by atoms with Crippen molar-refractivity contribution in [2.45, 2.75) is 65.6 Å². The van der Waals surface area contributed by atoms with Gasteiger partial charge in [-0.15, -0.1) is 0 Å². The lowest BCUT2D eigenvalue weighted by Crippen LogP contribution is -2.31. The molecule has 0 atom stereocenters. The maximum atomic E-state index is 11.6. The monoisotopic (exact) mass is 500 g/mol. The normalized spacial score (nSPS) is 16.0. The minimum Gasteiger partial charge on any atom is -0.381 e. The molecular formula is C29H36N6O2. The van der Waals surface area contributed by atoms with Crippen LogP contribution >= 0.6 is 0 Å². The van der Waals surface area contributed by atoms with E-state index in [4.69, 9.17) is 14.8 Å². The standard InChI is InChI=1S/C27H30N6O2.C2H6/c1-18(2)32-15-20(13-29-32)25-12-19-4-3-5-22(23(19)14-28-25)27-24-16-31(17-34)9-6-26(24)33(30-27)21-7-10-35-11-8-21;1-2/h3-5,12-15,17-18,21H,6-11,16H2,1-2H3;1-2H3. The molecule has 0 saturated carbocycles. The number of nitrogens with zero attached hydrogens (tertiary/aromatic N) is 6. The largest absolute Gasteiger partial charge is 0.381 e. The molecule has 8 heteroatoms. The van der Waals surface area contributed by atoms with Gasteiger partial charge in [-0.3, -0.25) is 19.1 Å². The van der Waals surface area contributed by atoms with Gasteiger partial charge in [0.25, 0.3) is 0 Å². The molecule has 194 valence electrons. The van der Waals surface area contributed by atoms with Gasteiger partial charge in [0.15, 0.2) is 0 Å². The van der Waals surface area contributed by atoms with Crippen molar-refractivity contribution >= 4 is 17.2 Å². The summed E-state index contributed by atoms with van der Waals surface area (Å²) in [6.07, 6.45) is 9.58. The number of fused-ring (bicyclic) bond motifs is 2. The van der Waals surface area contributed by atoms with Gasteiger partial charge in [0.05, 0.1) is 23.6 Å². The lowest BCUT2D eigenvalue weighted by Gasteiger charge is -2.28. The van der Waals surface area contributed by atoms with Crippen LogP contribution in [0.25, 0.3) is 33.3 Å². The Labute approximate surface area is 218 Å². The number of benzene rings is 1. The lowest BCUT2D eigenvalue weighted by atomic mass is 9.97. The fourth-order valence-electron chi connectivity index (χ4n) is 5.29. The van der Waals surface area contributed by atoms with E-state index < -0.39 is 0 Å². The Morgan fingerprint density at radius 3 is 2.68 bits per heavy atom. The Hall–Kier alpha value is -3.52. The maximum Gasteiger partial charge on any atom is 0.210 e. The SMILES string of the molecule is CC.CC(C)n1cc(-c2cc3cccc(-c4nn(C5CCOCC5)c5c4CN(C=O)CC5)c3cn2)cn1. The Bertz CT molecular complexity index is 1380. The van der Waals surface area contributed by atoms with Crippen molar-refractivity contribution in [3.05, 3.63) is 54.1 Å². The average Bonchev–Trinajstić information content (AvgIpc) is 3.60. The van der Waals surface area contributed by atoms with Crippen molar-refractivity contribution in [3.8, 4) is 22.5 Å². The van der Waals surface area contributed by atoms with Crippen LogP contribution < -0.4 is 0 Å². The van der Waals surface area contributed by atoms with Gasteiger partial charge in [-0.2, -0.15) is 10.2 Å². The summed E-state index contributed by atoms with van der Waals surface area (Å²) in [6.45, 7) is 11.1. The Balaban J connectivity index is 0.00000137. The third-order valence-corrected chi connectivity index (χ3v) is 7.25. The summed E-state index contributed by atoms with van der Waals surface area (Å²) in [6, 6.07) is 9.10. The first-order valence-electron chi connectivity index (χ1n) is 13.4. The number of pyridine rings is 1. The van der Waals surface area contributed by atoms with Gasteiger partial charge in [-0.25, -0.2) is 0 Å². The molecule has 0 N–H and O–H groups in total. The zero-order chi connectivity index (χ0) is 25.9. The van der Waals surface area contributed by atoms with Crippen molar-refractivity contribution in [2.24, 2.45) is 0 Å². The van der Waals surface area contributed by atoms with Crippen LogP contribution in [0.4, 0.5) is 0 Å². The summed E-state index contributed by atoms with van der Waals surface area (Å²) in [5, 5.41) is 11.8. The van der Waals surface area contributed by atoms with Gasteiger partial charge in [0.1, 0.15) is 0 Å². The number of rotatable bonds is 5. The van der Waals surface area contributed by atoms with E-state index in [-0.39, 0.29) is 0 Å². The first-order chi connectivity index (χ1) is 18.1. The molecule has 2 aliphatic rings. The van der Waals surface area contributed by atoms with Crippen LogP contribution in [0.1, 0.15) is 63.9 Å². The molecule has 5 heterocycles. The first kappa shape index (κ1) is 25.1. The number of hydrogen-bond acceptors (Lipinski definition) is 5. The highest BCUT2D eigenvalue weighted by molar-refractivity contribution is 5.97. The Morgan fingerprint density at radius 2 is 1.95 bits per heavy atom. The quantitative estimate of drug-likeness (QED) is 0.341. The molecule has 0 bridgehead atoms. The summed E-state index contributed by atoms with van der Waals surface area (Å²) >= 11 is 0. The van der Waals surface area contributed by atoms with Crippen molar-refractivity contribution < 1.29 is 9.53 Å². The average molecular weight is 501 g/mol. The minimum absolute atomic E-state index is 0.304. The van der Waals surface area contributed by atoms with Crippen LogP contribution in [-0.4, -0.2) is 55.6 Å². The molecule has 2 aliphatic heterocycles. The van der Waals surface area contributed by atoms with Crippen molar-refractivity contribution in [1.82, 2.24) is 29.4 Å². The number of carbonyl (C=O) groups excluding carboxylic acids is 1. The molecule has 1 saturated heterocycles. The van der Waals surface area contributed by atoms with Gasteiger partial charge in [0.2, 0.25) is 6.41 Å². The summed E-state index contributed by atoms with van der Waals surface area (Å²) in [5.74, 6) is 0. The van der Waals surface area contributed by atoms with Crippen LogP contribution in [-0.2, 0) is 22.5 Å². The number of aromatic nitrogens is 5. The fourth-order valence-corrected chi connectivity index (χ4v) is 5.29. The second-order valence-corrected chi connectivity index (χ2v) is 9.79. The van der Waals surface area contributed by atoms with Crippen LogP contribution in [0.3, 0.4) is 0 Å². The van der Waals surface area contributed by atoms with E-state index in [1.807, 2.05) is 42.0 Å². The van der Waals surface area contributed by atoms with E-state index in [1.165, 1.54) is 5.69 Å². The molecule has 1 aromatic carbocycles. The third-order valence-electron chi connectivity index (χ3n) is 7.25. The smallest absolute Gasteiger partial charge is 0.210 e. The van der Waals surface area contributed by atoms with Gasteiger partial charge in [0, 0.05) is 78.9 Å². The van der Waals surface area contributed by atoms with E-state index in [1.54, 1.807) is 0 Å². The van der Waals surface area contributed by atoms with Gasteiger partial charge >= 0.3 is 0 Å². The molecular weight excluding hydrogens is 464 g/mol. The summed E-state index contributed by atoms with van der Waals surface area (Å²) in [4.78, 5) is 18.3. The molecule has 4 aromatic rings. The van der Waals surface area contributed by atoms with Crippen LogP contribution in [0.5, 0.6) is 0 Å². The number of ether oxygens (including phenoxy) is 1. The van der Waals surface area contributed by atoms with E-state index in [2.05, 4.69) is 47.9 Å². The maximum absolute atomic E-state index is 11.6. The molecule has 8 nitrogen and oxygen atoms in total. The topological polar surface area (TPSA) is 78.1 Å². The number of carbonyl (C=O) groups is 1. The molecule has 3 aromatic heterocycles. The summed E-state index contributed by atoms with van der Waals surface area (Å²) in [7, 11) is 0. The van der Waals surface area contributed by atoms with Gasteiger partial charge < -0.3 is 9.64 Å². The van der Waals surface area contributed by atoms with Crippen LogP contribution in [0, 0.1) is 0 Å². The van der Waals surface area contributed by atoms with E-state index in [9.17, 15) is 4.79 Å². The first-order valence-corrected chi connectivity index (χ1v) is 13.4. The molecule has 0 unspecified atom stereocenters. The minimum atomic E-state index is 0.304. The molecule has 1 fully saturated rings. The molecule has 37 heavy (non-hydrogen) atoms. The van der Waals surface area contributed by atoms with Crippen LogP contribution in [0.2, 0.25) is 0 Å². The summed E-state index contributed by atoms with van der Waals surface area (Å²) in [5.41, 5.74) is 6.36. The number of amides is 1. The zero-order valence-electron chi connectivity index (χ0n) is 22.2. The number of hydrogen-bond donors (Lipinski definition) is 0. The predicted molar refractivity (Wildman–Crippen MR) is 145 cm³/mol. The van der Waals surface area contributed by atoms with E-state index in [0.29, 0.717) is 18.6 Å². The van der Waals surface area contributed by atoms with Crippen molar-refractivity contribution in [1.29, 1.82) is 0 Å². The van der Waals surface area contributed by atoms with Crippen molar-refractivity contribution in [2.75, 3.05) is 19.8 Å². The molecule has 0 spiro atoms. The fraction of sp³-hybridized carbons (Fsp3) is 0.448. The highest BCUT2D eigenvalue weighted by atomic mass is 16.5. The second kappa shape index (κ2) is 10.8. The van der Waals surface area contributed by atoms with Crippen molar-refractivity contribution in [3.63, 3.8) is 0 Å². The molecule has 6 rings (SSSR count). The Kier molecular flexibility index (Phi) is 7.37. The molecule has 0 aliphatic carbocycles. The zero-order valence-corrected chi connectivity index (χ0v) is 22.2. The molecule has 0 radical (unpaired) electrons. The predicted octanol–water partition coefficient (Wildman–Crippen LogP) is 5.43. The molecule has 1 amide bonds. The lowest BCUT2D eigenvalue weighted by molar-refractivity contribution is -0.118. The van der Waals surface area contributed by atoms with Crippen LogP contribution in [0.15, 0.2) is 42.9 Å². The van der Waals surface area contributed by atoms with Gasteiger partial charge in [-0.05, 0) is 38.1 Å². The summed E-state index contributed by atoms with van der Waals surface area (Å²) < 4.78 is 9.78. The van der Waals surface area contributed by atoms with E-state index >= 15 is 0 Å². The van der Waals surface area contributed by atoms with E-state index in [0.717, 1.165) is 84.3 Å². The second-order valence-electron chi connectivity index (χ2n) is 9.79. The Morgan fingerprint density at radius 1 is 1.14 bits per heavy atom.